The van der Waals surface area contributed by atoms with Gasteiger partial charge in [-0.05, 0) is 38.4 Å². The van der Waals surface area contributed by atoms with Crippen LogP contribution < -0.4 is 0 Å². The fraction of sp³-hybridized carbons (Fsp3) is 0.667. The molecule has 0 saturated carbocycles. The van der Waals surface area contributed by atoms with Crippen LogP contribution in [0, 0.1) is 12.3 Å². The Labute approximate surface area is 138 Å². The van der Waals surface area contributed by atoms with E-state index in [1.165, 1.54) is 0 Å². The molecule has 126 valence electrons. The normalized spacial score (nSPS) is 26.3. The minimum Gasteiger partial charge on any atom is -0.379 e. The standard InChI is InChI=1S/C18H27N3O2/c1-3-20-10-11-23-14-18(12-20)8-5-9-21(13-18)17(22)16-7-4-6-15(2)19-16/h4,6-7H,3,5,8-14H2,1-2H3. The first kappa shape index (κ1) is 16.4. The lowest BCUT2D eigenvalue weighted by Crippen LogP contribution is -2.52. The van der Waals surface area contributed by atoms with Crippen LogP contribution in [0.3, 0.4) is 0 Å². The van der Waals surface area contributed by atoms with Gasteiger partial charge in [-0.1, -0.05) is 13.0 Å². The van der Waals surface area contributed by atoms with Gasteiger partial charge in [0.05, 0.1) is 13.2 Å². The van der Waals surface area contributed by atoms with E-state index in [1.807, 2.05) is 30.0 Å². The number of aromatic nitrogens is 1. The van der Waals surface area contributed by atoms with Crippen LogP contribution >= 0.6 is 0 Å². The van der Waals surface area contributed by atoms with Crippen molar-refractivity contribution in [2.24, 2.45) is 5.41 Å². The van der Waals surface area contributed by atoms with E-state index in [9.17, 15) is 4.79 Å². The van der Waals surface area contributed by atoms with Gasteiger partial charge in [-0.15, -0.1) is 0 Å². The van der Waals surface area contributed by atoms with Crippen molar-refractivity contribution >= 4 is 5.91 Å². The van der Waals surface area contributed by atoms with E-state index in [2.05, 4.69) is 16.8 Å². The van der Waals surface area contributed by atoms with Gasteiger partial charge in [0.2, 0.25) is 0 Å². The van der Waals surface area contributed by atoms with E-state index >= 15 is 0 Å². The highest BCUT2D eigenvalue weighted by atomic mass is 16.5. The lowest BCUT2D eigenvalue weighted by molar-refractivity contribution is 0.00743. The molecular formula is C18H27N3O2. The van der Waals surface area contributed by atoms with Crippen molar-refractivity contribution in [1.82, 2.24) is 14.8 Å². The number of hydrogen-bond donors (Lipinski definition) is 0. The zero-order valence-corrected chi connectivity index (χ0v) is 14.3. The lowest BCUT2D eigenvalue weighted by Gasteiger charge is -2.43. The van der Waals surface area contributed by atoms with Gasteiger partial charge in [-0.3, -0.25) is 4.79 Å². The first-order chi connectivity index (χ1) is 11.1. The first-order valence-electron chi connectivity index (χ1n) is 8.65. The van der Waals surface area contributed by atoms with Crippen LogP contribution in [0.4, 0.5) is 0 Å². The fourth-order valence-electron chi connectivity index (χ4n) is 3.80. The third kappa shape index (κ3) is 3.72. The molecule has 1 atom stereocenters. The number of piperidine rings is 1. The second-order valence-corrected chi connectivity index (χ2v) is 6.92. The molecule has 3 rings (SSSR count). The SMILES string of the molecule is CCN1CCOCC2(CCCN(C(=O)c3cccc(C)n3)C2)C1. The summed E-state index contributed by atoms with van der Waals surface area (Å²) in [6.07, 6.45) is 2.17. The third-order valence-corrected chi connectivity index (χ3v) is 5.02. The molecule has 1 spiro atoms. The first-order valence-corrected chi connectivity index (χ1v) is 8.65. The average Bonchev–Trinajstić information content (AvgIpc) is 2.76. The molecule has 1 aromatic heterocycles. The number of pyridine rings is 1. The maximum Gasteiger partial charge on any atom is 0.272 e. The summed E-state index contributed by atoms with van der Waals surface area (Å²) < 4.78 is 5.88. The summed E-state index contributed by atoms with van der Waals surface area (Å²) in [4.78, 5) is 21.7. The molecule has 3 heterocycles. The number of rotatable bonds is 2. The molecule has 2 aliphatic heterocycles. The molecule has 23 heavy (non-hydrogen) atoms. The predicted octanol–water partition coefficient (Wildman–Crippen LogP) is 1.96. The molecule has 1 aromatic rings. The van der Waals surface area contributed by atoms with Crippen LogP contribution in [0.5, 0.6) is 0 Å². The molecule has 5 heteroatoms. The van der Waals surface area contributed by atoms with Crippen LogP contribution in [0.1, 0.15) is 35.9 Å². The Kier molecular flexibility index (Phi) is 4.97. The van der Waals surface area contributed by atoms with Crippen molar-refractivity contribution in [1.29, 1.82) is 0 Å². The maximum atomic E-state index is 12.8. The molecule has 0 bridgehead atoms. The smallest absolute Gasteiger partial charge is 0.272 e. The molecule has 0 aliphatic carbocycles. The summed E-state index contributed by atoms with van der Waals surface area (Å²) in [5.41, 5.74) is 1.52. The summed E-state index contributed by atoms with van der Waals surface area (Å²) >= 11 is 0. The van der Waals surface area contributed by atoms with Gasteiger partial charge in [0.1, 0.15) is 5.69 Å². The van der Waals surface area contributed by atoms with E-state index in [0.717, 1.165) is 64.5 Å². The van der Waals surface area contributed by atoms with Crippen molar-refractivity contribution in [3.8, 4) is 0 Å². The van der Waals surface area contributed by atoms with Crippen molar-refractivity contribution in [2.45, 2.75) is 26.7 Å². The average molecular weight is 317 g/mol. The Morgan fingerprint density at radius 1 is 1.35 bits per heavy atom. The van der Waals surface area contributed by atoms with Crippen LogP contribution in [-0.2, 0) is 4.74 Å². The van der Waals surface area contributed by atoms with Gasteiger partial charge < -0.3 is 14.5 Å². The zero-order valence-electron chi connectivity index (χ0n) is 14.3. The van der Waals surface area contributed by atoms with Crippen molar-refractivity contribution in [2.75, 3.05) is 45.9 Å². The minimum atomic E-state index is 0.0556. The molecule has 0 radical (unpaired) electrons. The number of nitrogens with zero attached hydrogens (tertiary/aromatic N) is 3. The van der Waals surface area contributed by atoms with E-state index in [1.54, 1.807) is 0 Å². The number of aryl methyl sites for hydroxylation is 1. The number of carbonyl (C=O) groups excluding carboxylic acids is 1. The highest BCUT2D eigenvalue weighted by Gasteiger charge is 2.40. The van der Waals surface area contributed by atoms with Crippen molar-refractivity contribution in [3.05, 3.63) is 29.6 Å². The lowest BCUT2D eigenvalue weighted by atomic mass is 9.80. The van der Waals surface area contributed by atoms with Gasteiger partial charge in [0.15, 0.2) is 0 Å². The molecule has 1 unspecified atom stereocenters. The predicted molar refractivity (Wildman–Crippen MR) is 89.5 cm³/mol. The molecule has 1 amide bonds. The number of ether oxygens (including phenoxy) is 1. The van der Waals surface area contributed by atoms with Gasteiger partial charge >= 0.3 is 0 Å². The molecule has 2 saturated heterocycles. The highest BCUT2D eigenvalue weighted by molar-refractivity contribution is 5.92. The summed E-state index contributed by atoms with van der Waals surface area (Å²) in [6.45, 7) is 10.3. The maximum absolute atomic E-state index is 12.8. The molecule has 2 fully saturated rings. The van der Waals surface area contributed by atoms with Crippen LogP contribution in [0.2, 0.25) is 0 Å². The Balaban J connectivity index is 1.75. The molecular weight excluding hydrogens is 290 g/mol. The Morgan fingerprint density at radius 2 is 2.22 bits per heavy atom. The van der Waals surface area contributed by atoms with E-state index < -0.39 is 0 Å². The minimum absolute atomic E-state index is 0.0556. The Hall–Kier alpha value is -1.46. The number of hydrogen-bond acceptors (Lipinski definition) is 4. The van der Waals surface area contributed by atoms with E-state index in [4.69, 9.17) is 4.74 Å². The van der Waals surface area contributed by atoms with Gasteiger partial charge in [-0.2, -0.15) is 0 Å². The second kappa shape index (κ2) is 6.97. The largest absolute Gasteiger partial charge is 0.379 e. The molecule has 0 aromatic carbocycles. The number of amides is 1. The molecule has 5 nitrogen and oxygen atoms in total. The zero-order chi connectivity index (χ0) is 16.3. The van der Waals surface area contributed by atoms with Crippen molar-refractivity contribution in [3.63, 3.8) is 0 Å². The number of likely N-dealkylation sites (tertiary alicyclic amines) is 1. The fourth-order valence-corrected chi connectivity index (χ4v) is 3.80. The van der Waals surface area contributed by atoms with Crippen LogP contribution in [-0.4, -0.2) is 66.6 Å². The van der Waals surface area contributed by atoms with Gasteiger partial charge in [-0.25, -0.2) is 4.98 Å². The summed E-state index contributed by atoms with van der Waals surface area (Å²) in [7, 11) is 0. The van der Waals surface area contributed by atoms with Crippen LogP contribution in [0.25, 0.3) is 0 Å². The van der Waals surface area contributed by atoms with Gasteiger partial charge in [0, 0.05) is 37.3 Å². The Bertz CT molecular complexity index is 563. The topological polar surface area (TPSA) is 45.7 Å². The summed E-state index contributed by atoms with van der Waals surface area (Å²) in [5.74, 6) is 0.0556. The summed E-state index contributed by atoms with van der Waals surface area (Å²) in [5, 5.41) is 0. The molecule has 0 N–H and O–H groups in total. The molecule has 2 aliphatic rings. The number of carbonyl (C=O) groups is 1. The quantitative estimate of drug-likeness (QED) is 0.836. The van der Waals surface area contributed by atoms with Crippen molar-refractivity contribution < 1.29 is 9.53 Å². The van der Waals surface area contributed by atoms with E-state index in [-0.39, 0.29) is 11.3 Å². The highest BCUT2D eigenvalue weighted by Crippen LogP contribution is 2.33. The monoisotopic (exact) mass is 317 g/mol. The van der Waals surface area contributed by atoms with E-state index in [0.29, 0.717) is 5.69 Å². The summed E-state index contributed by atoms with van der Waals surface area (Å²) in [6, 6.07) is 5.65. The van der Waals surface area contributed by atoms with Crippen LogP contribution in [0.15, 0.2) is 18.2 Å². The number of likely N-dealkylation sites (N-methyl/N-ethyl adjacent to an activating group) is 1. The second-order valence-electron chi connectivity index (χ2n) is 6.92. The van der Waals surface area contributed by atoms with Gasteiger partial charge in [0.25, 0.3) is 5.91 Å². The third-order valence-electron chi connectivity index (χ3n) is 5.02. The Morgan fingerprint density at radius 3 is 3.00 bits per heavy atom.